The van der Waals surface area contributed by atoms with Crippen molar-refractivity contribution >= 4 is 17.2 Å². The highest BCUT2D eigenvalue weighted by Crippen LogP contribution is 2.24. The molecule has 0 aliphatic heterocycles. The highest BCUT2D eigenvalue weighted by molar-refractivity contribution is 5.63. The minimum atomic E-state index is 0.775. The maximum absolute atomic E-state index is 5.92. The molecule has 0 atom stereocenters. The molecule has 94 valence electrons. The Morgan fingerprint density at radius 3 is 2.44 bits per heavy atom. The van der Waals surface area contributed by atoms with Crippen LogP contribution in [-0.4, -0.2) is 12.0 Å². The SMILES string of the molecule is CCc1ccc(N(C)c2cc(N)c(C)cn2)cc1. The summed E-state index contributed by atoms with van der Waals surface area (Å²) in [6, 6.07) is 10.4. The molecule has 1 aromatic heterocycles. The molecule has 0 fully saturated rings. The Morgan fingerprint density at radius 2 is 1.89 bits per heavy atom. The predicted molar refractivity (Wildman–Crippen MR) is 77.3 cm³/mol. The summed E-state index contributed by atoms with van der Waals surface area (Å²) in [6.07, 6.45) is 2.86. The summed E-state index contributed by atoms with van der Waals surface area (Å²) in [5.41, 5.74) is 10.1. The number of hydrogen-bond donors (Lipinski definition) is 1. The zero-order chi connectivity index (χ0) is 13.1. The van der Waals surface area contributed by atoms with Gasteiger partial charge >= 0.3 is 0 Å². The molecule has 0 amide bonds. The quantitative estimate of drug-likeness (QED) is 0.896. The van der Waals surface area contributed by atoms with E-state index in [0.29, 0.717) is 0 Å². The van der Waals surface area contributed by atoms with Crippen LogP contribution in [0, 0.1) is 6.92 Å². The molecule has 3 heteroatoms. The van der Waals surface area contributed by atoms with Crippen LogP contribution in [0.15, 0.2) is 36.5 Å². The van der Waals surface area contributed by atoms with Gasteiger partial charge in [0, 0.05) is 30.7 Å². The number of aromatic nitrogens is 1. The maximum atomic E-state index is 5.92. The van der Waals surface area contributed by atoms with Crippen molar-refractivity contribution in [1.29, 1.82) is 0 Å². The number of pyridine rings is 1. The number of rotatable bonds is 3. The number of nitrogens with zero attached hydrogens (tertiary/aromatic N) is 2. The monoisotopic (exact) mass is 241 g/mol. The van der Waals surface area contributed by atoms with Crippen LogP contribution in [0.1, 0.15) is 18.1 Å². The molecule has 0 saturated carbocycles. The van der Waals surface area contributed by atoms with Gasteiger partial charge < -0.3 is 10.6 Å². The molecule has 0 saturated heterocycles. The standard InChI is InChI=1S/C15H19N3/c1-4-12-5-7-13(8-6-12)18(3)15-9-14(16)11(2)10-17-15/h5-10H,4H2,1-3H3,(H2,16,17). The highest BCUT2D eigenvalue weighted by atomic mass is 15.2. The molecule has 0 bridgehead atoms. The first-order chi connectivity index (χ1) is 8.61. The van der Waals surface area contributed by atoms with Crippen LogP contribution in [0.3, 0.4) is 0 Å². The Bertz CT molecular complexity index is 532. The van der Waals surface area contributed by atoms with Gasteiger partial charge in [0.15, 0.2) is 0 Å². The van der Waals surface area contributed by atoms with Crippen LogP contribution >= 0.6 is 0 Å². The van der Waals surface area contributed by atoms with E-state index in [2.05, 4.69) is 36.2 Å². The maximum Gasteiger partial charge on any atom is 0.134 e. The average Bonchev–Trinajstić information content (AvgIpc) is 2.41. The number of aryl methyl sites for hydroxylation is 2. The lowest BCUT2D eigenvalue weighted by molar-refractivity contribution is 1.10. The normalized spacial score (nSPS) is 10.4. The molecule has 18 heavy (non-hydrogen) atoms. The second-order valence-corrected chi connectivity index (χ2v) is 4.48. The third-order valence-electron chi connectivity index (χ3n) is 3.21. The van der Waals surface area contributed by atoms with Crippen molar-refractivity contribution in [1.82, 2.24) is 4.98 Å². The third-order valence-corrected chi connectivity index (χ3v) is 3.21. The van der Waals surface area contributed by atoms with Crippen molar-refractivity contribution in [3.05, 3.63) is 47.7 Å². The lowest BCUT2D eigenvalue weighted by Crippen LogP contribution is -2.11. The molecule has 2 aromatic rings. The van der Waals surface area contributed by atoms with Gasteiger partial charge in [0.2, 0.25) is 0 Å². The van der Waals surface area contributed by atoms with E-state index in [-0.39, 0.29) is 0 Å². The van der Waals surface area contributed by atoms with E-state index in [0.717, 1.165) is 29.2 Å². The van der Waals surface area contributed by atoms with Crippen molar-refractivity contribution in [2.24, 2.45) is 0 Å². The molecule has 0 radical (unpaired) electrons. The lowest BCUT2D eigenvalue weighted by Gasteiger charge is -2.19. The van der Waals surface area contributed by atoms with E-state index in [1.54, 1.807) is 0 Å². The Morgan fingerprint density at radius 1 is 1.22 bits per heavy atom. The number of nitrogens with two attached hydrogens (primary N) is 1. The second kappa shape index (κ2) is 5.08. The van der Waals surface area contributed by atoms with E-state index >= 15 is 0 Å². The van der Waals surface area contributed by atoms with Gasteiger partial charge in [0.25, 0.3) is 0 Å². The summed E-state index contributed by atoms with van der Waals surface area (Å²) in [5, 5.41) is 0. The van der Waals surface area contributed by atoms with Crippen molar-refractivity contribution < 1.29 is 0 Å². The molecular formula is C15H19N3. The largest absolute Gasteiger partial charge is 0.398 e. The van der Waals surface area contributed by atoms with E-state index in [4.69, 9.17) is 5.73 Å². The lowest BCUT2D eigenvalue weighted by atomic mass is 10.1. The first-order valence-corrected chi connectivity index (χ1v) is 6.16. The summed E-state index contributed by atoms with van der Waals surface area (Å²) in [5.74, 6) is 0.863. The van der Waals surface area contributed by atoms with Crippen molar-refractivity contribution in [3.8, 4) is 0 Å². The van der Waals surface area contributed by atoms with Crippen LogP contribution in [0.4, 0.5) is 17.2 Å². The summed E-state index contributed by atoms with van der Waals surface area (Å²) in [7, 11) is 2.00. The van der Waals surface area contributed by atoms with E-state index in [1.165, 1.54) is 5.56 Å². The van der Waals surface area contributed by atoms with Gasteiger partial charge in [-0.15, -0.1) is 0 Å². The van der Waals surface area contributed by atoms with Gasteiger partial charge in [-0.2, -0.15) is 0 Å². The fourth-order valence-electron chi connectivity index (χ4n) is 1.80. The van der Waals surface area contributed by atoms with Crippen LogP contribution in [0.25, 0.3) is 0 Å². The van der Waals surface area contributed by atoms with Crippen LogP contribution < -0.4 is 10.6 Å². The van der Waals surface area contributed by atoms with Gasteiger partial charge in [-0.25, -0.2) is 4.98 Å². The summed E-state index contributed by atoms with van der Waals surface area (Å²) in [6.45, 7) is 4.11. The fraction of sp³-hybridized carbons (Fsp3) is 0.267. The molecule has 3 nitrogen and oxygen atoms in total. The molecule has 2 rings (SSSR count). The molecule has 1 heterocycles. The second-order valence-electron chi connectivity index (χ2n) is 4.48. The molecule has 1 aromatic carbocycles. The first kappa shape index (κ1) is 12.4. The van der Waals surface area contributed by atoms with E-state index in [1.807, 2.05) is 31.1 Å². The molecule has 0 aliphatic rings. The van der Waals surface area contributed by atoms with Gasteiger partial charge in [0.05, 0.1) is 0 Å². The summed E-state index contributed by atoms with van der Waals surface area (Å²) in [4.78, 5) is 6.44. The van der Waals surface area contributed by atoms with Gasteiger partial charge in [0.1, 0.15) is 5.82 Å². The van der Waals surface area contributed by atoms with Crippen molar-refractivity contribution in [2.75, 3.05) is 17.7 Å². The number of nitrogen functional groups attached to an aromatic ring is 1. The average molecular weight is 241 g/mol. The molecule has 0 spiro atoms. The van der Waals surface area contributed by atoms with E-state index < -0.39 is 0 Å². The molecule has 2 N–H and O–H groups in total. The van der Waals surface area contributed by atoms with Crippen LogP contribution in [-0.2, 0) is 6.42 Å². The zero-order valence-corrected chi connectivity index (χ0v) is 11.1. The number of hydrogen-bond acceptors (Lipinski definition) is 3. The minimum absolute atomic E-state index is 0.775. The third kappa shape index (κ3) is 2.45. The Labute approximate surface area is 108 Å². The first-order valence-electron chi connectivity index (χ1n) is 6.16. The summed E-state index contributed by atoms with van der Waals surface area (Å²) >= 11 is 0. The smallest absolute Gasteiger partial charge is 0.134 e. The van der Waals surface area contributed by atoms with E-state index in [9.17, 15) is 0 Å². The molecule has 0 aliphatic carbocycles. The molecular weight excluding hydrogens is 222 g/mol. The van der Waals surface area contributed by atoms with Gasteiger partial charge in [-0.3, -0.25) is 0 Å². The van der Waals surface area contributed by atoms with Crippen molar-refractivity contribution in [3.63, 3.8) is 0 Å². The van der Waals surface area contributed by atoms with Crippen LogP contribution in [0.2, 0.25) is 0 Å². The highest BCUT2D eigenvalue weighted by Gasteiger charge is 2.06. The topological polar surface area (TPSA) is 42.1 Å². The number of benzene rings is 1. The molecule has 0 unspecified atom stereocenters. The fourth-order valence-corrected chi connectivity index (χ4v) is 1.80. The predicted octanol–water partition coefficient (Wildman–Crippen LogP) is 3.30. The Kier molecular flexibility index (Phi) is 3.51. The van der Waals surface area contributed by atoms with Gasteiger partial charge in [-0.05, 0) is 36.6 Å². The van der Waals surface area contributed by atoms with Crippen molar-refractivity contribution in [2.45, 2.75) is 20.3 Å². The Balaban J connectivity index is 2.28. The van der Waals surface area contributed by atoms with Gasteiger partial charge in [-0.1, -0.05) is 19.1 Å². The summed E-state index contributed by atoms with van der Waals surface area (Å²) < 4.78 is 0. The number of anilines is 3. The minimum Gasteiger partial charge on any atom is -0.398 e. The van der Waals surface area contributed by atoms with Crippen LogP contribution in [0.5, 0.6) is 0 Å². The Hall–Kier alpha value is -2.03. The zero-order valence-electron chi connectivity index (χ0n) is 11.1.